The molecular formula is C15H16N2S. The van der Waals surface area contributed by atoms with Gasteiger partial charge in [0.2, 0.25) is 0 Å². The SMILES string of the molecule is c1cc2c(cc1-c1nc(C3CNC3)cs1)CCC2. The van der Waals surface area contributed by atoms with Gasteiger partial charge in [0.15, 0.2) is 0 Å². The van der Waals surface area contributed by atoms with Crippen LogP contribution in [-0.2, 0) is 12.8 Å². The predicted octanol–water partition coefficient (Wildman–Crippen LogP) is 2.99. The third-order valence-corrected chi connectivity index (χ3v) is 4.98. The Labute approximate surface area is 111 Å². The molecule has 1 N–H and O–H groups in total. The Morgan fingerprint density at radius 3 is 2.89 bits per heavy atom. The van der Waals surface area contributed by atoms with Crippen LogP contribution in [0.25, 0.3) is 10.6 Å². The maximum atomic E-state index is 4.81. The summed E-state index contributed by atoms with van der Waals surface area (Å²) in [7, 11) is 0. The Morgan fingerprint density at radius 2 is 2.06 bits per heavy atom. The highest BCUT2D eigenvalue weighted by Crippen LogP contribution is 2.31. The van der Waals surface area contributed by atoms with E-state index in [9.17, 15) is 0 Å². The minimum Gasteiger partial charge on any atom is -0.315 e. The Bertz CT molecular complexity index is 584. The Morgan fingerprint density at radius 1 is 1.17 bits per heavy atom. The smallest absolute Gasteiger partial charge is 0.123 e. The van der Waals surface area contributed by atoms with E-state index in [-0.39, 0.29) is 0 Å². The van der Waals surface area contributed by atoms with Crippen LogP contribution in [0, 0.1) is 0 Å². The van der Waals surface area contributed by atoms with Gasteiger partial charge in [-0.15, -0.1) is 11.3 Å². The van der Waals surface area contributed by atoms with Crippen molar-refractivity contribution in [3.05, 3.63) is 40.4 Å². The van der Waals surface area contributed by atoms with Gasteiger partial charge in [-0.05, 0) is 36.5 Å². The van der Waals surface area contributed by atoms with E-state index in [4.69, 9.17) is 4.98 Å². The fraction of sp³-hybridized carbons (Fsp3) is 0.400. The standard InChI is InChI=1S/C15H16N2S/c1-2-10-4-5-12(6-11(10)3-1)15-17-14(9-18-15)13-7-16-8-13/h4-6,9,13,16H,1-3,7-8H2. The molecule has 2 nitrogen and oxygen atoms in total. The summed E-state index contributed by atoms with van der Waals surface area (Å²) < 4.78 is 0. The molecule has 3 heteroatoms. The molecule has 0 unspecified atom stereocenters. The van der Waals surface area contributed by atoms with Crippen LogP contribution in [-0.4, -0.2) is 18.1 Å². The lowest BCUT2D eigenvalue weighted by atomic mass is 10.0. The van der Waals surface area contributed by atoms with E-state index in [2.05, 4.69) is 28.9 Å². The molecule has 4 rings (SSSR count). The molecule has 92 valence electrons. The number of hydrogen-bond acceptors (Lipinski definition) is 3. The number of fused-ring (bicyclic) bond motifs is 1. The number of hydrogen-bond donors (Lipinski definition) is 1. The van der Waals surface area contributed by atoms with E-state index >= 15 is 0 Å². The average Bonchev–Trinajstić information content (AvgIpc) is 2.93. The van der Waals surface area contributed by atoms with Gasteiger partial charge in [-0.2, -0.15) is 0 Å². The third-order valence-electron chi connectivity index (χ3n) is 4.07. The van der Waals surface area contributed by atoms with E-state index in [1.807, 2.05) is 0 Å². The molecule has 0 spiro atoms. The quantitative estimate of drug-likeness (QED) is 0.893. The first kappa shape index (κ1) is 10.7. The second-order valence-corrected chi connectivity index (χ2v) is 6.13. The van der Waals surface area contributed by atoms with Crippen molar-refractivity contribution in [1.29, 1.82) is 0 Å². The molecule has 0 radical (unpaired) electrons. The molecule has 2 aromatic rings. The van der Waals surface area contributed by atoms with Crippen molar-refractivity contribution in [3.63, 3.8) is 0 Å². The number of benzene rings is 1. The summed E-state index contributed by atoms with van der Waals surface area (Å²) in [5.74, 6) is 0.643. The highest BCUT2D eigenvalue weighted by Gasteiger charge is 2.22. The van der Waals surface area contributed by atoms with Gasteiger partial charge in [0.05, 0.1) is 5.69 Å². The van der Waals surface area contributed by atoms with Gasteiger partial charge in [0.1, 0.15) is 5.01 Å². The van der Waals surface area contributed by atoms with E-state index in [1.54, 1.807) is 16.9 Å². The molecule has 2 heterocycles. The van der Waals surface area contributed by atoms with Crippen LogP contribution >= 0.6 is 11.3 Å². The number of rotatable bonds is 2. The maximum Gasteiger partial charge on any atom is 0.123 e. The Hall–Kier alpha value is -1.19. The van der Waals surface area contributed by atoms with Crippen LogP contribution in [0.1, 0.15) is 29.2 Å². The van der Waals surface area contributed by atoms with Gasteiger partial charge < -0.3 is 5.32 Å². The Balaban J connectivity index is 1.67. The first-order chi connectivity index (χ1) is 8.90. The van der Waals surface area contributed by atoms with Crippen LogP contribution < -0.4 is 5.32 Å². The normalized spacial score (nSPS) is 18.7. The summed E-state index contributed by atoms with van der Waals surface area (Å²) in [6, 6.07) is 6.89. The Kier molecular flexibility index (Phi) is 2.49. The van der Waals surface area contributed by atoms with Crippen LogP contribution in [0.4, 0.5) is 0 Å². The summed E-state index contributed by atoms with van der Waals surface area (Å²) >= 11 is 1.79. The van der Waals surface area contributed by atoms with Crippen molar-refractivity contribution >= 4 is 11.3 Å². The fourth-order valence-corrected chi connectivity index (χ4v) is 3.71. The van der Waals surface area contributed by atoms with E-state index in [1.165, 1.54) is 41.1 Å². The molecule has 1 fully saturated rings. The zero-order chi connectivity index (χ0) is 11.9. The van der Waals surface area contributed by atoms with Crippen molar-refractivity contribution in [1.82, 2.24) is 10.3 Å². The molecular weight excluding hydrogens is 240 g/mol. The van der Waals surface area contributed by atoms with Crippen LogP contribution in [0.3, 0.4) is 0 Å². The van der Waals surface area contributed by atoms with Crippen molar-refractivity contribution < 1.29 is 0 Å². The minimum atomic E-state index is 0.643. The van der Waals surface area contributed by atoms with Gasteiger partial charge in [-0.1, -0.05) is 12.1 Å². The highest BCUT2D eigenvalue weighted by molar-refractivity contribution is 7.13. The van der Waals surface area contributed by atoms with Crippen LogP contribution in [0.5, 0.6) is 0 Å². The number of aryl methyl sites for hydroxylation is 2. The van der Waals surface area contributed by atoms with Gasteiger partial charge >= 0.3 is 0 Å². The molecule has 1 saturated heterocycles. The van der Waals surface area contributed by atoms with Gasteiger partial charge in [0, 0.05) is 30.0 Å². The average molecular weight is 256 g/mol. The molecule has 1 aliphatic carbocycles. The first-order valence-corrected chi connectivity index (χ1v) is 7.56. The summed E-state index contributed by atoms with van der Waals surface area (Å²) in [6.45, 7) is 2.18. The molecule has 18 heavy (non-hydrogen) atoms. The topological polar surface area (TPSA) is 24.9 Å². The lowest BCUT2D eigenvalue weighted by Gasteiger charge is -2.25. The van der Waals surface area contributed by atoms with Crippen molar-refractivity contribution in [2.45, 2.75) is 25.2 Å². The number of aromatic nitrogens is 1. The van der Waals surface area contributed by atoms with Gasteiger partial charge in [-0.25, -0.2) is 4.98 Å². The monoisotopic (exact) mass is 256 g/mol. The molecule has 0 amide bonds. The fourth-order valence-electron chi connectivity index (χ4n) is 2.81. The largest absolute Gasteiger partial charge is 0.315 e. The molecule has 2 aliphatic rings. The van der Waals surface area contributed by atoms with E-state index in [0.717, 1.165) is 13.1 Å². The second-order valence-electron chi connectivity index (χ2n) is 5.27. The molecule has 0 bridgehead atoms. The maximum absolute atomic E-state index is 4.81. The van der Waals surface area contributed by atoms with Gasteiger partial charge in [0.25, 0.3) is 0 Å². The van der Waals surface area contributed by atoms with E-state index < -0.39 is 0 Å². The number of thiazole rings is 1. The lowest BCUT2D eigenvalue weighted by molar-refractivity contribution is 0.441. The highest BCUT2D eigenvalue weighted by atomic mass is 32.1. The van der Waals surface area contributed by atoms with Crippen LogP contribution in [0.2, 0.25) is 0 Å². The first-order valence-electron chi connectivity index (χ1n) is 6.68. The predicted molar refractivity (Wildman–Crippen MR) is 75.2 cm³/mol. The van der Waals surface area contributed by atoms with Crippen molar-refractivity contribution in [3.8, 4) is 10.6 Å². The van der Waals surface area contributed by atoms with Crippen molar-refractivity contribution in [2.75, 3.05) is 13.1 Å². The third kappa shape index (κ3) is 1.70. The summed E-state index contributed by atoms with van der Waals surface area (Å²) in [4.78, 5) is 4.81. The second kappa shape index (κ2) is 4.18. The summed E-state index contributed by atoms with van der Waals surface area (Å²) in [6.07, 6.45) is 3.82. The summed E-state index contributed by atoms with van der Waals surface area (Å²) in [5.41, 5.74) is 5.65. The molecule has 0 atom stereocenters. The minimum absolute atomic E-state index is 0.643. The zero-order valence-electron chi connectivity index (χ0n) is 10.3. The van der Waals surface area contributed by atoms with E-state index in [0.29, 0.717) is 5.92 Å². The summed E-state index contributed by atoms with van der Waals surface area (Å²) in [5, 5.41) is 6.72. The van der Waals surface area contributed by atoms with Crippen LogP contribution in [0.15, 0.2) is 23.6 Å². The number of nitrogens with one attached hydrogen (secondary N) is 1. The molecule has 1 aromatic carbocycles. The van der Waals surface area contributed by atoms with Gasteiger partial charge in [-0.3, -0.25) is 0 Å². The van der Waals surface area contributed by atoms with Crippen molar-refractivity contribution in [2.24, 2.45) is 0 Å². The lowest BCUT2D eigenvalue weighted by Crippen LogP contribution is -2.40. The molecule has 1 aromatic heterocycles. The zero-order valence-corrected chi connectivity index (χ0v) is 11.1. The number of nitrogens with zero attached hydrogens (tertiary/aromatic N) is 1. The molecule has 1 aliphatic heterocycles. The molecule has 0 saturated carbocycles.